The molecule has 0 radical (unpaired) electrons. The van der Waals surface area contributed by atoms with Crippen LogP contribution in [0.1, 0.15) is 47.1 Å². The lowest BCUT2D eigenvalue weighted by Crippen LogP contribution is -2.23. The van der Waals surface area contributed by atoms with E-state index in [1.165, 1.54) is 22.4 Å². The van der Waals surface area contributed by atoms with E-state index in [0.717, 1.165) is 24.3 Å². The summed E-state index contributed by atoms with van der Waals surface area (Å²) in [4.78, 5) is 0. The van der Waals surface area contributed by atoms with E-state index in [1.54, 1.807) is 7.11 Å². The van der Waals surface area contributed by atoms with E-state index in [-0.39, 0.29) is 12.1 Å². The van der Waals surface area contributed by atoms with Crippen molar-refractivity contribution in [1.29, 1.82) is 0 Å². The second-order valence-corrected chi connectivity index (χ2v) is 5.81. The number of aryl methyl sites for hydroxylation is 1. The molecular weight excluding hydrogens is 262 g/mol. The predicted molar refractivity (Wildman–Crippen MR) is 83.7 cm³/mol. The Morgan fingerprint density at radius 2 is 2.14 bits per heavy atom. The van der Waals surface area contributed by atoms with Gasteiger partial charge in [-0.3, -0.25) is 4.68 Å². The Bertz CT molecular complexity index is 675. The molecule has 1 aliphatic rings. The Hall–Kier alpha value is -1.81. The fraction of sp³-hybridized carbons (Fsp3) is 0.471. The zero-order chi connectivity index (χ0) is 15.1. The molecule has 1 aromatic heterocycles. The van der Waals surface area contributed by atoms with E-state index in [1.807, 2.05) is 6.07 Å². The summed E-state index contributed by atoms with van der Waals surface area (Å²) in [6.45, 7) is 6.41. The summed E-state index contributed by atoms with van der Waals surface area (Å²) in [7, 11) is 1.69. The lowest BCUT2D eigenvalue weighted by Gasteiger charge is -2.19. The Morgan fingerprint density at radius 3 is 2.76 bits per heavy atom. The van der Waals surface area contributed by atoms with E-state index >= 15 is 0 Å². The van der Waals surface area contributed by atoms with Gasteiger partial charge < -0.3 is 10.5 Å². The molecular formula is C17H23N3O. The molecule has 0 saturated carbocycles. The van der Waals surface area contributed by atoms with Crippen molar-refractivity contribution < 1.29 is 4.74 Å². The number of nitrogens with two attached hydrogens (primary N) is 1. The fourth-order valence-electron chi connectivity index (χ4n) is 3.53. The molecule has 21 heavy (non-hydrogen) atoms. The van der Waals surface area contributed by atoms with Crippen LogP contribution in [0.15, 0.2) is 18.2 Å². The van der Waals surface area contributed by atoms with Crippen molar-refractivity contribution in [2.75, 3.05) is 7.11 Å². The van der Waals surface area contributed by atoms with Crippen molar-refractivity contribution in [3.63, 3.8) is 0 Å². The number of nitrogens with zero attached hydrogens (tertiary/aromatic N) is 2. The molecule has 112 valence electrons. The van der Waals surface area contributed by atoms with Crippen LogP contribution in [0.2, 0.25) is 0 Å². The predicted octanol–water partition coefficient (Wildman–Crippen LogP) is 2.87. The van der Waals surface area contributed by atoms with Gasteiger partial charge in [0.15, 0.2) is 0 Å². The summed E-state index contributed by atoms with van der Waals surface area (Å²) < 4.78 is 7.45. The number of ether oxygens (including phenoxy) is 1. The highest BCUT2D eigenvalue weighted by Crippen LogP contribution is 2.40. The van der Waals surface area contributed by atoms with Gasteiger partial charge >= 0.3 is 0 Å². The van der Waals surface area contributed by atoms with Crippen LogP contribution in [0.4, 0.5) is 0 Å². The van der Waals surface area contributed by atoms with Gasteiger partial charge in [-0.15, -0.1) is 0 Å². The standard InChI is InChI=1S/C17H23N3O/c1-5-14-10(2)19-20(11(14)3)16-8-12-6-7-13(21-4)9-15(12)17(16)18/h6-7,9,16-17H,5,8,18H2,1-4H3. The number of benzene rings is 1. The first kappa shape index (κ1) is 14.1. The molecule has 4 nitrogen and oxygen atoms in total. The number of fused-ring (bicyclic) bond motifs is 1. The molecule has 0 bridgehead atoms. The molecule has 1 heterocycles. The van der Waals surface area contributed by atoms with Gasteiger partial charge in [0.05, 0.1) is 24.9 Å². The molecule has 0 saturated heterocycles. The fourth-order valence-corrected chi connectivity index (χ4v) is 3.53. The van der Waals surface area contributed by atoms with Crippen molar-refractivity contribution in [3.8, 4) is 5.75 Å². The maximum absolute atomic E-state index is 6.50. The second-order valence-electron chi connectivity index (χ2n) is 5.81. The van der Waals surface area contributed by atoms with Gasteiger partial charge in [0, 0.05) is 5.69 Å². The summed E-state index contributed by atoms with van der Waals surface area (Å²) in [5.74, 6) is 0.868. The SMILES string of the molecule is CCc1c(C)nn(C2Cc3ccc(OC)cc3C2N)c1C. The second kappa shape index (κ2) is 5.19. The zero-order valence-corrected chi connectivity index (χ0v) is 13.2. The first-order chi connectivity index (χ1) is 10.1. The van der Waals surface area contributed by atoms with Crippen molar-refractivity contribution in [3.05, 3.63) is 46.3 Å². The first-order valence-corrected chi connectivity index (χ1v) is 7.53. The number of rotatable bonds is 3. The Labute approximate surface area is 125 Å². The van der Waals surface area contributed by atoms with Crippen molar-refractivity contribution in [2.45, 2.75) is 45.7 Å². The van der Waals surface area contributed by atoms with Crippen LogP contribution in [0.25, 0.3) is 0 Å². The van der Waals surface area contributed by atoms with Gasteiger partial charge in [0.1, 0.15) is 5.75 Å². The molecule has 3 rings (SSSR count). The Morgan fingerprint density at radius 1 is 1.38 bits per heavy atom. The largest absolute Gasteiger partial charge is 0.497 e. The maximum Gasteiger partial charge on any atom is 0.119 e. The van der Waals surface area contributed by atoms with Gasteiger partial charge in [0.25, 0.3) is 0 Å². The third-order valence-electron chi connectivity index (χ3n) is 4.70. The summed E-state index contributed by atoms with van der Waals surface area (Å²) in [5.41, 5.74) is 12.7. The minimum absolute atomic E-state index is 0.0298. The maximum atomic E-state index is 6.50. The van der Waals surface area contributed by atoms with Gasteiger partial charge in [0.2, 0.25) is 0 Å². The van der Waals surface area contributed by atoms with Crippen LogP contribution >= 0.6 is 0 Å². The molecule has 0 spiro atoms. The molecule has 2 atom stereocenters. The molecule has 2 unspecified atom stereocenters. The molecule has 1 aromatic carbocycles. The zero-order valence-electron chi connectivity index (χ0n) is 13.2. The van der Waals surface area contributed by atoms with Crippen LogP contribution in [0.3, 0.4) is 0 Å². The average Bonchev–Trinajstić information content (AvgIpc) is 2.96. The third kappa shape index (κ3) is 2.14. The Kier molecular flexibility index (Phi) is 3.49. The van der Waals surface area contributed by atoms with Crippen LogP contribution in [0, 0.1) is 13.8 Å². The van der Waals surface area contributed by atoms with Crippen molar-refractivity contribution >= 4 is 0 Å². The summed E-state index contributed by atoms with van der Waals surface area (Å²) in [6.07, 6.45) is 1.95. The smallest absolute Gasteiger partial charge is 0.119 e. The van der Waals surface area contributed by atoms with Crippen LogP contribution < -0.4 is 10.5 Å². The molecule has 0 fully saturated rings. The van der Waals surface area contributed by atoms with Crippen LogP contribution in [0.5, 0.6) is 5.75 Å². The minimum Gasteiger partial charge on any atom is -0.497 e. The highest BCUT2D eigenvalue weighted by atomic mass is 16.5. The lowest BCUT2D eigenvalue weighted by molar-refractivity contribution is 0.398. The summed E-state index contributed by atoms with van der Waals surface area (Å²) in [6, 6.07) is 6.36. The quantitative estimate of drug-likeness (QED) is 0.943. The van der Waals surface area contributed by atoms with Crippen LogP contribution in [-0.2, 0) is 12.8 Å². The monoisotopic (exact) mass is 285 g/mol. The minimum atomic E-state index is -0.0298. The van der Waals surface area contributed by atoms with Crippen molar-refractivity contribution in [2.24, 2.45) is 5.73 Å². The average molecular weight is 285 g/mol. The summed E-state index contributed by atoms with van der Waals surface area (Å²) in [5, 5.41) is 4.74. The van der Waals surface area contributed by atoms with Crippen LogP contribution in [-0.4, -0.2) is 16.9 Å². The molecule has 2 N–H and O–H groups in total. The molecule has 1 aliphatic carbocycles. The van der Waals surface area contributed by atoms with E-state index in [9.17, 15) is 0 Å². The van der Waals surface area contributed by atoms with Crippen molar-refractivity contribution in [1.82, 2.24) is 9.78 Å². The number of hydrogen-bond acceptors (Lipinski definition) is 3. The Balaban J connectivity index is 2.00. The van der Waals surface area contributed by atoms with E-state index in [0.29, 0.717) is 0 Å². The normalized spacial score (nSPS) is 20.6. The molecule has 4 heteroatoms. The van der Waals surface area contributed by atoms with Gasteiger partial charge in [-0.2, -0.15) is 5.10 Å². The highest BCUT2D eigenvalue weighted by Gasteiger charge is 2.33. The van der Waals surface area contributed by atoms with E-state index < -0.39 is 0 Å². The van der Waals surface area contributed by atoms with Gasteiger partial charge in [-0.1, -0.05) is 13.0 Å². The topological polar surface area (TPSA) is 53.1 Å². The summed E-state index contributed by atoms with van der Waals surface area (Å²) >= 11 is 0. The molecule has 2 aromatic rings. The number of aromatic nitrogens is 2. The van der Waals surface area contributed by atoms with E-state index in [2.05, 4.69) is 37.6 Å². The molecule has 0 amide bonds. The third-order valence-corrected chi connectivity index (χ3v) is 4.70. The van der Waals surface area contributed by atoms with Gasteiger partial charge in [-0.25, -0.2) is 0 Å². The highest BCUT2D eigenvalue weighted by molar-refractivity contribution is 5.42. The lowest BCUT2D eigenvalue weighted by atomic mass is 10.1. The number of hydrogen-bond donors (Lipinski definition) is 1. The molecule has 0 aliphatic heterocycles. The first-order valence-electron chi connectivity index (χ1n) is 7.53. The van der Waals surface area contributed by atoms with Gasteiger partial charge in [-0.05, 0) is 55.5 Å². The number of methoxy groups -OCH3 is 1. The van der Waals surface area contributed by atoms with E-state index in [4.69, 9.17) is 15.6 Å².